The van der Waals surface area contributed by atoms with E-state index in [0.717, 1.165) is 18.2 Å². The lowest BCUT2D eigenvalue weighted by Gasteiger charge is -2.14. The number of halogens is 2. The second-order valence-electron chi connectivity index (χ2n) is 4.08. The van der Waals surface area contributed by atoms with E-state index in [4.69, 9.17) is 0 Å². The first kappa shape index (κ1) is 13.6. The highest BCUT2D eigenvalue weighted by molar-refractivity contribution is 5.77. The van der Waals surface area contributed by atoms with Gasteiger partial charge in [-0.3, -0.25) is 4.79 Å². The van der Waals surface area contributed by atoms with Crippen LogP contribution in [0.1, 0.15) is 25.5 Å². The number of hydrogen-bond donors (Lipinski definition) is 2. The third-order valence-electron chi connectivity index (χ3n) is 2.31. The fourth-order valence-corrected chi connectivity index (χ4v) is 1.28. The summed E-state index contributed by atoms with van der Waals surface area (Å²) in [5, 5.41) is 12.1. The van der Waals surface area contributed by atoms with Crippen LogP contribution in [0.4, 0.5) is 8.78 Å². The summed E-state index contributed by atoms with van der Waals surface area (Å²) in [6, 6.07) is 2.83. The van der Waals surface area contributed by atoms with E-state index < -0.39 is 17.7 Å². The van der Waals surface area contributed by atoms with Crippen molar-refractivity contribution in [2.45, 2.75) is 20.0 Å². The molecule has 1 rings (SSSR count). The fraction of sp³-hybridized carbons (Fsp3) is 0.417. The van der Waals surface area contributed by atoms with Crippen molar-refractivity contribution in [3.8, 4) is 0 Å². The molecule has 94 valence electrons. The minimum atomic E-state index is -1.26. The topological polar surface area (TPSA) is 49.3 Å². The Kier molecular flexibility index (Phi) is 4.57. The predicted octanol–water partition coefficient (Wildman–Crippen LogP) is 1.77. The van der Waals surface area contributed by atoms with Crippen molar-refractivity contribution in [1.82, 2.24) is 5.32 Å². The van der Waals surface area contributed by atoms with Gasteiger partial charge in [-0.15, -0.1) is 0 Å². The van der Waals surface area contributed by atoms with Crippen molar-refractivity contribution in [3.63, 3.8) is 0 Å². The molecule has 3 nitrogen and oxygen atoms in total. The highest BCUT2D eigenvalue weighted by atomic mass is 19.1. The van der Waals surface area contributed by atoms with Gasteiger partial charge in [0.15, 0.2) is 0 Å². The second kappa shape index (κ2) is 5.72. The van der Waals surface area contributed by atoms with Crippen molar-refractivity contribution in [2.75, 3.05) is 6.54 Å². The number of aliphatic hydroxyl groups is 1. The van der Waals surface area contributed by atoms with Crippen LogP contribution in [0.25, 0.3) is 0 Å². The Morgan fingerprint density at radius 3 is 2.65 bits per heavy atom. The highest BCUT2D eigenvalue weighted by Crippen LogP contribution is 2.17. The van der Waals surface area contributed by atoms with Crippen LogP contribution < -0.4 is 5.32 Å². The lowest BCUT2D eigenvalue weighted by molar-refractivity contribution is -0.124. The minimum absolute atomic E-state index is 0.141. The summed E-state index contributed by atoms with van der Waals surface area (Å²) in [4.78, 5) is 11.2. The molecule has 1 atom stereocenters. The molecule has 1 amide bonds. The standard InChI is InChI=1S/C12H15F2NO2/c1-7(2)12(17)15-6-11(16)9-5-8(13)3-4-10(9)14/h3-5,7,11,16H,6H2,1-2H3,(H,15,17). The third kappa shape index (κ3) is 3.78. The number of carbonyl (C=O) groups excluding carboxylic acids is 1. The van der Waals surface area contributed by atoms with E-state index in [2.05, 4.69) is 5.32 Å². The lowest BCUT2D eigenvalue weighted by atomic mass is 10.1. The third-order valence-corrected chi connectivity index (χ3v) is 2.31. The van der Waals surface area contributed by atoms with Crippen LogP contribution in [0.5, 0.6) is 0 Å². The molecule has 1 unspecified atom stereocenters. The lowest BCUT2D eigenvalue weighted by Crippen LogP contribution is -2.31. The molecule has 0 bridgehead atoms. The maximum absolute atomic E-state index is 13.3. The van der Waals surface area contributed by atoms with Crippen LogP contribution >= 0.6 is 0 Å². The molecule has 0 aliphatic carbocycles. The Labute approximate surface area is 98.5 Å². The van der Waals surface area contributed by atoms with Gasteiger partial charge >= 0.3 is 0 Å². The molecule has 0 saturated carbocycles. The average molecular weight is 243 g/mol. The molecule has 0 aliphatic rings. The van der Waals surface area contributed by atoms with Crippen LogP contribution in [-0.2, 0) is 4.79 Å². The molecule has 17 heavy (non-hydrogen) atoms. The maximum Gasteiger partial charge on any atom is 0.222 e. The summed E-state index contributed by atoms with van der Waals surface area (Å²) in [6.45, 7) is 3.26. The summed E-state index contributed by atoms with van der Waals surface area (Å²) < 4.78 is 26.1. The zero-order valence-corrected chi connectivity index (χ0v) is 9.71. The zero-order valence-electron chi connectivity index (χ0n) is 9.71. The highest BCUT2D eigenvalue weighted by Gasteiger charge is 2.15. The first-order chi connectivity index (χ1) is 7.91. The zero-order chi connectivity index (χ0) is 13.0. The summed E-state index contributed by atoms with van der Waals surface area (Å²) in [6.07, 6.45) is -1.26. The van der Waals surface area contributed by atoms with Gasteiger partial charge in [-0.05, 0) is 18.2 Å². The molecule has 2 N–H and O–H groups in total. The summed E-state index contributed by atoms with van der Waals surface area (Å²) in [5.41, 5.74) is -0.158. The second-order valence-corrected chi connectivity index (χ2v) is 4.08. The molecule has 0 fully saturated rings. The number of hydrogen-bond acceptors (Lipinski definition) is 2. The van der Waals surface area contributed by atoms with Gasteiger partial charge in [-0.25, -0.2) is 8.78 Å². The van der Waals surface area contributed by atoms with E-state index >= 15 is 0 Å². The van der Waals surface area contributed by atoms with Gasteiger partial charge in [0, 0.05) is 18.0 Å². The van der Waals surface area contributed by atoms with Crippen LogP contribution in [0.2, 0.25) is 0 Å². The molecule has 1 aromatic rings. The van der Waals surface area contributed by atoms with Gasteiger partial charge in [-0.1, -0.05) is 13.8 Å². The Morgan fingerprint density at radius 1 is 1.41 bits per heavy atom. The van der Waals surface area contributed by atoms with Gasteiger partial charge in [0.05, 0.1) is 6.10 Å². The molecule has 0 aliphatic heterocycles. The van der Waals surface area contributed by atoms with E-state index in [0.29, 0.717) is 0 Å². The Hall–Kier alpha value is -1.49. The SMILES string of the molecule is CC(C)C(=O)NCC(O)c1cc(F)ccc1F. The molecule has 0 radical (unpaired) electrons. The van der Waals surface area contributed by atoms with Crippen LogP contribution in [0, 0.1) is 17.6 Å². The largest absolute Gasteiger partial charge is 0.386 e. The number of rotatable bonds is 4. The molecule has 0 heterocycles. The van der Waals surface area contributed by atoms with E-state index in [1.54, 1.807) is 13.8 Å². The first-order valence-electron chi connectivity index (χ1n) is 5.32. The maximum atomic E-state index is 13.3. The summed E-state index contributed by atoms with van der Waals surface area (Å²) in [7, 11) is 0. The molecule has 0 aromatic heterocycles. The van der Waals surface area contributed by atoms with Crippen molar-refractivity contribution < 1.29 is 18.7 Å². The van der Waals surface area contributed by atoms with Gasteiger partial charge in [0.25, 0.3) is 0 Å². The van der Waals surface area contributed by atoms with Gasteiger partial charge in [-0.2, -0.15) is 0 Å². The van der Waals surface area contributed by atoms with E-state index in [1.807, 2.05) is 0 Å². The fourth-order valence-electron chi connectivity index (χ4n) is 1.28. The van der Waals surface area contributed by atoms with E-state index in [-0.39, 0.29) is 23.9 Å². The average Bonchev–Trinajstić information content (AvgIpc) is 2.28. The normalized spacial score (nSPS) is 12.6. The van der Waals surface area contributed by atoms with E-state index in [1.165, 1.54) is 0 Å². The molecular formula is C12H15F2NO2. The van der Waals surface area contributed by atoms with Gasteiger partial charge in [0.2, 0.25) is 5.91 Å². The smallest absolute Gasteiger partial charge is 0.222 e. The van der Waals surface area contributed by atoms with E-state index in [9.17, 15) is 18.7 Å². The van der Waals surface area contributed by atoms with Crippen molar-refractivity contribution in [3.05, 3.63) is 35.4 Å². The van der Waals surface area contributed by atoms with Gasteiger partial charge in [0.1, 0.15) is 11.6 Å². The molecule has 0 spiro atoms. The Bertz CT molecular complexity index is 407. The van der Waals surface area contributed by atoms with Crippen molar-refractivity contribution in [2.24, 2.45) is 5.92 Å². The summed E-state index contributed by atoms with van der Waals surface area (Å²) in [5.74, 6) is -1.80. The first-order valence-corrected chi connectivity index (χ1v) is 5.32. The Balaban J connectivity index is 2.67. The van der Waals surface area contributed by atoms with Crippen LogP contribution in [0.15, 0.2) is 18.2 Å². The molecular weight excluding hydrogens is 228 g/mol. The number of aliphatic hydroxyl groups excluding tert-OH is 1. The predicted molar refractivity (Wildman–Crippen MR) is 59.2 cm³/mol. The summed E-state index contributed by atoms with van der Waals surface area (Å²) >= 11 is 0. The van der Waals surface area contributed by atoms with Crippen LogP contribution in [-0.4, -0.2) is 17.6 Å². The van der Waals surface area contributed by atoms with Crippen molar-refractivity contribution in [1.29, 1.82) is 0 Å². The van der Waals surface area contributed by atoms with Crippen LogP contribution in [0.3, 0.4) is 0 Å². The molecule has 0 saturated heterocycles. The number of nitrogens with one attached hydrogen (secondary N) is 1. The monoisotopic (exact) mass is 243 g/mol. The quantitative estimate of drug-likeness (QED) is 0.846. The van der Waals surface area contributed by atoms with Crippen molar-refractivity contribution >= 4 is 5.91 Å². The number of carbonyl (C=O) groups is 1. The minimum Gasteiger partial charge on any atom is -0.386 e. The van der Waals surface area contributed by atoms with Gasteiger partial charge < -0.3 is 10.4 Å². The number of benzene rings is 1. The number of amides is 1. The molecule has 5 heteroatoms. The Morgan fingerprint density at radius 2 is 2.06 bits per heavy atom. The molecule has 1 aromatic carbocycles.